The van der Waals surface area contributed by atoms with Crippen molar-refractivity contribution >= 4 is 5.91 Å². The van der Waals surface area contributed by atoms with Gasteiger partial charge in [-0.25, -0.2) is 4.39 Å². The van der Waals surface area contributed by atoms with Crippen molar-refractivity contribution in [3.63, 3.8) is 0 Å². The Bertz CT molecular complexity index is 515. The molecule has 1 aromatic carbocycles. The fraction of sp³-hybridized carbons (Fsp3) is 0.611. The van der Waals surface area contributed by atoms with Crippen molar-refractivity contribution in [2.24, 2.45) is 5.92 Å². The summed E-state index contributed by atoms with van der Waals surface area (Å²) in [5.74, 6) is -0.0693. The zero-order valence-corrected chi connectivity index (χ0v) is 13.1. The molecule has 1 aromatic rings. The van der Waals surface area contributed by atoms with Crippen LogP contribution < -0.4 is 0 Å². The summed E-state index contributed by atoms with van der Waals surface area (Å²) in [4.78, 5) is 14.1. The number of methoxy groups -OCH3 is 1. The molecular formula is C18H24FNO2. The third kappa shape index (κ3) is 3.02. The van der Waals surface area contributed by atoms with Gasteiger partial charge in [-0.1, -0.05) is 30.3 Å². The van der Waals surface area contributed by atoms with Crippen LogP contribution in [0.15, 0.2) is 30.3 Å². The van der Waals surface area contributed by atoms with Crippen LogP contribution in [0.3, 0.4) is 0 Å². The maximum atomic E-state index is 14.4. The first-order chi connectivity index (χ1) is 10.6. The van der Waals surface area contributed by atoms with E-state index in [2.05, 4.69) is 12.1 Å². The van der Waals surface area contributed by atoms with E-state index in [1.54, 1.807) is 12.0 Å². The van der Waals surface area contributed by atoms with Crippen LogP contribution in [0.2, 0.25) is 0 Å². The van der Waals surface area contributed by atoms with Gasteiger partial charge in [-0.05, 0) is 37.7 Å². The van der Waals surface area contributed by atoms with Gasteiger partial charge < -0.3 is 9.64 Å². The number of piperidine rings is 1. The molecule has 0 bridgehead atoms. The summed E-state index contributed by atoms with van der Waals surface area (Å²) < 4.78 is 20.0. The van der Waals surface area contributed by atoms with E-state index in [9.17, 15) is 9.18 Å². The van der Waals surface area contributed by atoms with Crippen LogP contribution in [0.5, 0.6) is 0 Å². The van der Waals surface area contributed by atoms with Crippen molar-refractivity contribution in [1.82, 2.24) is 4.90 Å². The number of likely N-dealkylation sites (tertiary alicyclic amines) is 1. The lowest BCUT2D eigenvalue weighted by atomic mass is 9.79. The standard InChI is InChI=1S/C18H24FNO2/c1-22-16-8-11-20(17(21)18(19)9-5-10-18)13-15(16)12-14-6-3-2-4-7-14/h2-4,6-7,15-16H,5,8-13H2,1H3/t15-,16-/m1/s1. The Labute approximate surface area is 131 Å². The molecule has 0 aromatic heterocycles. The van der Waals surface area contributed by atoms with Gasteiger partial charge in [0.05, 0.1) is 6.10 Å². The van der Waals surface area contributed by atoms with E-state index in [-0.39, 0.29) is 17.9 Å². The molecular weight excluding hydrogens is 281 g/mol. The van der Waals surface area contributed by atoms with E-state index in [0.29, 0.717) is 25.9 Å². The molecule has 0 unspecified atom stereocenters. The smallest absolute Gasteiger partial charge is 0.260 e. The molecule has 2 atom stereocenters. The highest BCUT2D eigenvalue weighted by molar-refractivity contribution is 5.86. The minimum Gasteiger partial charge on any atom is -0.381 e. The van der Waals surface area contributed by atoms with E-state index in [4.69, 9.17) is 4.74 Å². The highest BCUT2D eigenvalue weighted by atomic mass is 19.1. The molecule has 0 radical (unpaired) electrons. The molecule has 3 nitrogen and oxygen atoms in total. The zero-order valence-electron chi connectivity index (χ0n) is 13.1. The minimum absolute atomic E-state index is 0.140. The first kappa shape index (κ1) is 15.5. The van der Waals surface area contributed by atoms with Crippen molar-refractivity contribution in [2.75, 3.05) is 20.2 Å². The molecule has 1 heterocycles. The average Bonchev–Trinajstić information content (AvgIpc) is 2.53. The summed E-state index contributed by atoms with van der Waals surface area (Å²) in [7, 11) is 1.72. The lowest BCUT2D eigenvalue weighted by Gasteiger charge is -2.43. The Hall–Kier alpha value is -1.42. The van der Waals surface area contributed by atoms with E-state index >= 15 is 0 Å². The summed E-state index contributed by atoms with van der Waals surface area (Å²) in [5, 5.41) is 0. The van der Waals surface area contributed by atoms with E-state index < -0.39 is 5.67 Å². The van der Waals surface area contributed by atoms with Crippen molar-refractivity contribution in [2.45, 2.75) is 43.9 Å². The highest BCUT2D eigenvalue weighted by Crippen LogP contribution is 2.38. The first-order valence-corrected chi connectivity index (χ1v) is 8.17. The molecule has 2 aliphatic rings. The summed E-state index contributed by atoms with van der Waals surface area (Å²) in [6.45, 7) is 1.20. The van der Waals surface area contributed by atoms with Gasteiger partial charge in [0, 0.05) is 26.1 Å². The van der Waals surface area contributed by atoms with Crippen LogP contribution in [0, 0.1) is 5.92 Å². The van der Waals surface area contributed by atoms with Gasteiger partial charge in [-0.15, -0.1) is 0 Å². The summed E-state index contributed by atoms with van der Waals surface area (Å²) in [6.07, 6.45) is 3.39. The Morgan fingerprint density at radius 2 is 2.09 bits per heavy atom. The maximum Gasteiger partial charge on any atom is 0.260 e. The van der Waals surface area contributed by atoms with Crippen molar-refractivity contribution in [1.29, 1.82) is 0 Å². The normalized spacial score (nSPS) is 27.3. The van der Waals surface area contributed by atoms with Crippen molar-refractivity contribution in [3.8, 4) is 0 Å². The average molecular weight is 305 g/mol. The molecule has 22 heavy (non-hydrogen) atoms. The van der Waals surface area contributed by atoms with Gasteiger partial charge in [0.15, 0.2) is 5.67 Å². The summed E-state index contributed by atoms with van der Waals surface area (Å²) in [5.41, 5.74) is -0.348. The van der Waals surface area contributed by atoms with Gasteiger partial charge in [0.25, 0.3) is 5.91 Å². The monoisotopic (exact) mass is 305 g/mol. The molecule has 4 heteroatoms. The number of rotatable bonds is 4. The van der Waals surface area contributed by atoms with Crippen LogP contribution in [0.4, 0.5) is 4.39 Å². The molecule has 0 spiro atoms. The third-order valence-electron chi connectivity index (χ3n) is 5.12. The molecule has 1 saturated carbocycles. The Morgan fingerprint density at radius 1 is 1.36 bits per heavy atom. The maximum absolute atomic E-state index is 14.4. The highest BCUT2D eigenvalue weighted by Gasteiger charge is 2.48. The molecule has 2 fully saturated rings. The Balaban J connectivity index is 1.68. The zero-order chi connectivity index (χ0) is 15.6. The lowest BCUT2D eigenvalue weighted by Crippen LogP contribution is -2.55. The number of halogens is 1. The van der Waals surface area contributed by atoms with Gasteiger partial charge in [-0.2, -0.15) is 0 Å². The SMILES string of the molecule is CO[C@@H]1CCN(C(=O)C2(F)CCC2)C[C@H]1Cc1ccccc1. The molecule has 1 aliphatic heterocycles. The summed E-state index contributed by atoms with van der Waals surface area (Å²) >= 11 is 0. The van der Waals surface area contributed by atoms with E-state index in [0.717, 1.165) is 19.3 Å². The van der Waals surface area contributed by atoms with E-state index in [1.807, 2.05) is 18.2 Å². The van der Waals surface area contributed by atoms with Gasteiger partial charge in [-0.3, -0.25) is 4.79 Å². The van der Waals surface area contributed by atoms with Gasteiger partial charge in [0.2, 0.25) is 0 Å². The van der Waals surface area contributed by atoms with Crippen LogP contribution in [-0.4, -0.2) is 42.8 Å². The summed E-state index contributed by atoms with van der Waals surface area (Å²) in [6, 6.07) is 10.2. The number of carbonyl (C=O) groups is 1. The number of benzene rings is 1. The predicted molar refractivity (Wildman–Crippen MR) is 83.3 cm³/mol. The molecule has 1 saturated heterocycles. The van der Waals surface area contributed by atoms with Crippen LogP contribution in [-0.2, 0) is 16.0 Å². The fourth-order valence-electron chi connectivity index (χ4n) is 3.60. The molecule has 0 N–H and O–H groups in total. The Morgan fingerprint density at radius 3 is 2.68 bits per heavy atom. The quantitative estimate of drug-likeness (QED) is 0.856. The number of amides is 1. The number of nitrogens with zero attached hydrogens (tertiary/aromatic N) is 1. The number of hydrogen-bond acceptors (Lipinski definition) is 2. The van der Waals surface area contributed by atoms with E-state index in [1.165, 1.54) is 5.56 Å². The van der Waals surface area contributed by atoms with Gasteiger partial charge in [0.1, 0.15) is 0 Å². The molecule has 1 aliphatic carbocycles. The minimum atomic E-state index is -1.59. The fourth-order valence-corrected chi connectivity index (χ4v) is 3.60. The van der Waals surface area contributed by atoms with Crippen molar-refractivity contribution in [3.05, 3.63) is 35.9 Å². The van der Waals surface area contributed by atoms with Gasteiger partial charge >= 0.3 is 0 Å². The van der Waals surface area contributed by atoms with Crippen LogP contribution in [0.25, 0.3) is 0 Å². The number of alkyl halides is 1. The first-order valence-electron chi connectivity index (χ1n) is 8.17. The second-order valence-electron chi connectivity index (χ2n) is 6.58. The number of carbonyl (C=O) groups excluding carboxylic acids is 1. The number of hydrogen-bond donors (Lipinski definition) is 0. The molecule has 1 amide bonds. The topological polar surface area (TPSA) is 29.5 Å². The van der Waals surface area contributed by atoms with Crippen molar-refractivity contribution < 1.29 is 13.9 Å². The Kier molecular flexibility index (Phi) is 4.48. The second kappa shape index (κ2) is 6.37. The largest absolute Gasteiger partial charge is 0.381 e. The molecule has 3 rings (SSSR count). The predicted octanol–water partition coefficient (Wildman–Crippen LogP) is 2.98. The van der Waals surface area contributed by atoms with Crippen LogP contribution >= 0.6 is 0 Å². The second-order valence-corrected chi connectivity index (χ2v) is 6.58. The third-order valence-corrected chi connectivity index (χ3v) is 5.12. The molecule has 120 valence electrons. The van der Waals surface area contributed by atoms with Crippen LogP contribution in [0.1, 0.15) is 31.2 Å². The lowest BCUT2D eigenvalue weighted by molar-refractivity contribution is -0.154. The number of ether oxygens (including phenoxy) is 1.